The lowest BCUT2D eigenvalue weighted by molar-refractivity contribution is -0.144. The molecule has 1 unspecified atom stereocenters. The summed E-state index contributed by atoms with van der Waals surface area (Å²) in [6.07, 6.45) is 7.93. The third kappa shape index (κ3) is 5.41. The minimum absolute atomic E-state index is 0.322. The van der Waals surface area contributed by atoms with Crippen LogP contribution in [0.15, 0.2) is 36.4 Å². The summed E-state index contributed by atoms with van der Waals surface area (Å²) in [5, 5.41) is 11.9. The third-order valence-corrected chi connectivity index (χ3v) is 7.36. The molecule has 1 atom stereocenters. The molecule has 1 aliphatic carbocycles. The van der Waals surface area contributed by atoms with Crippen LogP contribution in [0.5, 0.6) is 5.75 Å². The maximum absolute atomic E-state index is 11.6. The Kier molecular flexibility index (Phi) is 6.57. The molecule has 1 aliphatic heterocycles. The highest BCUT2D eigenvalue weighted by Gasteiger charge is 2.30. The summed E-state index contributed by atoms with van der Waals surface area (Å²) in [4.78, 5) is 13.7. The number of fused-ring (bicyclic) bond motifs is 1. The monoisotopic (exact) mass is 423 g/mol. The van der Waals surface area contributed by atoms with E-state index in [1.54, 1.807) is 0 Å². The number of piperidine rings is 1. The van der Waals surface area contributed by atoms with Crippen LogP contribution in [0.1, 0.15) is 71.3 Å². The summed E-state index contributed by atoms with van der Waals surface area (Å²) >= 11 is 0. The van der Waals surface area contributed by atoms with E-state index in [1.807, 2.05) is 0 Å². The summed E-state index contributed by atoms with van der Waals surface area (Å²) in [6.45, 7) is 8.61. The van der Waals surface area contributed by atoms with Gasteiger partial charge in [0.15, 0.2) is 0 Å². The van der Waals surface area contributed by atoms with Crippen molar-refractivity contribution >= 4 is 16.7 Å². The van der Waals surface area contributed by atoms with Crippen molar-refractivity contribution in [2.24, 2.45) is 11.3 Å². The maximum atomic E-state index is 11.6. The quantitative estimate of drug-likeness (QED) is 0.616. The van der Waals surface area contributed by atoms with Crippen molar-refractivity contribution in [2.75, 3.05) is 6.54 Å². The van der Waals surface area contributed by atoms with E-state index in [9.17, 15) is 9.90 Å². The van der Waals surface area contributed by atoms with Crippen molar-refractivity contribution in [3.05, 3.63) is 42.0 Å². The molecule has 4 rings (SSSR count). The van der Waals surface area contributed by atoms with Crippen molar-refractivity contribution in [2.45, 2.75) is 84.4 Å². The van der Waals surface area contributed by atoms with Gasteiger partial charge in [0.2, 0.25) is 0 Å². The van der Waals surface area contributed by atoms with Crippen LogP contribution in [0.25, 0.3) is 10.8 Å². The highest BCUT2D eigenvalue weighted by Crippen LogP contribution is 2.39. The molecule has 2 fully saturated rings. The lowest BCUT2D eigenvalue weighted by Gasteiger charge is -2.37. The van der Waals surface area contributed by atoms with E-state index >= 15 is 0 Å². The van der Waals surface area contributed by atoms with Gasteiger partial charge in [0.1, 0.15) is 11.8 Å². The summed E-state index contributed by atoms with van der Waals surface area (Å²) in [5.74, 6) is 1.06. The molecule has 0 spiro atoms. The largest absolute Gasteiger partial charge is 0.490 e. The summed E-state index contributed by atoms with van der Waals surface area (Å²) in [5.41, 5.74) is 1.57. The second-order valence-corrected chi connectivity index (χ2v) is 10.6. The number of carboxylic acids is 1. The first-order chi connectivity index (χ1) is 14.8. The Labute approximate surface area is 186 Å². The standard InChI is InChI=1S/C27H37NO3/c1-27(2,3)22-10-13-23(14-11-22)31-24-12-9-20-16-19(7-8-21(20)17-24)18-28-15-5-4-6-25(28)26(29)30/h7-9,12,16-17,22-23,25H,4-6,10-11,13-15,18H2,1-3H3,(H,29,30). The van der Waals surface area contributed by atoms with Crippen LogP contribution in [0, 0.1) is 11.3 Å². The van der Waals surface area contributed by atoms with Crippen LogP contribution in [-0.4, -0.2) is 34.7 Å². The highest BCUT2D eigenvalue weighted by atomic mass is 16.5. The Morgan fingerprint density at radius 3 is 2.42 bits per heavy atom. The zero-order valence-corrected chi connectivity index (χ0v) is 19.3. The Morgan fingerprint density at radius 2 is 1.71 bits per heavy atom. The molecule has 2 aromatic rings. The molecule has 0 amide bonds. The molecule has 1 heterocycles. The minimum atomic E-state index is -0.696. The number of carboxylic acid groups (broad SMARTS) is 1. The minimum Gasteiger partial charge on any atom is -0.490 e. The molecular weight excluding hydrogens is 386 g/mol. The van der Waals surface area contributed by atoms with E-state index in [0.29, 0.717) is 18.1 Å². The van der Waals surface area contributed by atoms with Crippen LogP contribution in [-0.2, 0) is 11.3 Å². The van der Waals surface area contributed by atoms with Crippen LogP contribution >= 0.6 is 0 Å². The number of likely N-dealkylation sites (tertiary alicyclic amines) is 1. The summed E-state index contributed by atoms with van der Waals surface area (Å²) in [6, 6.07) is 12.5. The van der Waals surface area contributed by atoms with Gasteiger partial charge in [-0.25, -0.2) is 0 Å². The first-order valence-corrected chi connectivity index (χ1v) is 12.0. The van der Waals surface area contributed by atoms with Crippen LogP contribution in [0.3, 0.4) is 0 Å². The number of ether oxygens (including phenoxy) is 1. The average Bonchev–Trinajstić information content (AvgIpc) is 2.74. The molecule has 31 heavy (non-hydrogen) atoms. The predicted octanol–water partition coefficient (Wildman–Crippen LogP) is 6.26. The zero-order chi connectivity index (χ0) is 22.0. The van der Waals surface area contributed by atoms with Gasteiger partial charge in [-0.2, -0.15) is 0 Å². The van der Waals surface area contributed by atoms with Crippen LogP contribution in [0.2, 0.25) is 0 Å². The fourth-order valence-corrected chi connectivity index (χ4v) is 5.38. The molecule has 1 N–H and O–H groups in total. The SMILES string of the molecule is CC(C)(C)C1CCC(Oc2ccc3cc(CN4CCCCC4C(=O)O)ccc3c2)CC1. The molecule has 2 aliphatic rings. The van der Waals surface area contributed by atoms with Gasteiger partial charge in [-0.15, -0.1) is 0 Å². The van der Waals surface area contributed by atoms with E-state index in [4.69, 9.17) is 4.74 Å². The Hall–Kier alpha value is -2.07. The number of hydrogen-bond donors (Lipinski definition) is 1. The van der Waals surface area contributed by atoms with Crippen molar-refractivity contribution < 1.29 is 14.6 Å². The topological polar surface area (TPSA) is 49.8 Å². The Bertz CT molecular complexity index is 908. The van der Waals surface area contributed by atoms with Crippen LogP contribution < -0.4 is 4.74 Å². The van der Waals surface area contributed by atoms with Crippen molar-refractivity contribution in [1.29, 1.82) is 0 Å². The summed E-state index contributed by atoms with van der Waals surface area (Å²) in [7, 11) is 0. The molecule has 0 bridgehead atoms. The fourth-order valence-electron chi connectivity index (χ4n) is 5.38. The molecule has 2 aromatic carbocycles. The third-order valence-electron chi connectivity index (χ3n) is 7.36. The Balaban J connectivity index is 1.40. The van der Waals surface area contributed by atoms with Crippen molar-refractivity contribution in [3.8, 4) is 5.75 Å². The van der Waals surface area contributed by atoms with Gasteiger partial charge in [0, 0.05) is 6.54 Å². The van der Waals surface area contributed by atoms with Gasteiger partial charge in [-0.05, 0) is 90.9 Å². The zero-order valence-electron chi connectivity index (χ0n) is 19.3. The highest BCUT2D eigenvalue weighted by molar-refractivity contribution is 5.84. The van der Waals surface area contributed by atoms with Gasteiger partial charge in [-0.3, -0.25) is 9.69 Å². The fraction of sp³-hybridized carbons (Fsp3) is 0.593. The number of carbonyl (C=O) groups is 1. The van der Waals surface area contributed by atoms with E-state index in [1.165, 1.54) is 29.2 Å². The molecule has 1 saturated heterocycles. The normalized spacial score (nSPS) is 25.5. The smallest absolute Gasteiger partial charge is 0.320 e. The molecule has 4 heteroatoms. The molecule has 4 nitrogen and oxygen atoms in total. The van der Waals surface area contributed by atoms with Gasteiger partial charge in [0.25, 0.3) is 0 Å². The number of hydrogen-bond acceptors (Lipinski definition) is 3. The van der Waals surface area contributed by atoms with Gasteiger partial charge >= 0.3 is 5.97 Å². The maximum Gasteiger partial charge on any atom is 0.320 e. The lowest BCUT2D eigenvalue weighted by Crippen LogP contribution is -2.43. The van der Waals surface area contributed by atoms with E-state index in [0.717, 1.165) is 50.3 Å². The van der Waals surface area contributed by atoms with E-state index < -0.39 is 5.97 Å². The molecule has 1 saturated carbocycles. The predicted molar refractivity (Wildman–Crippen MR) is 125 cm³/mol. The Morgan fingerprint density at radius 1 is 1.00 bits per heavy atom. The second kappa shape index (κ2) is 9.20. The number of rotatable bonds is 5. The van der Waals surface area contributed by atoms with Gasteiger partial charge in [-0.1, -0.05) is 45.4 Å². The van der Waals surface area contributed by atoms with Gasteiger partial charge in [0.05, 0.1) is 6.10 Å². The molecule has 0 radical (unpaired) electrons. The van der Waals surface area contributed by atoms with Crippen molar-refractivity contribution in [1.82, 2.24) is 4.90 Å². The summed E-state index contributed by atoms with van der Waals surface area (Å²) < 4.78 is 6.34. The molecule has 0 aromatic heterocycles. The first kappa shape index (κ1) is 22.1. The second-order valence-electron chi connectivity index (χ2n) is 10.6. The average molecular weight is 424 g/mol. The number of nitrogens with zero attached hydrogens (tertiary/aromatic N) is 1. The molecule has 168 valence electrons. The van der Waals surface area contributed by atoms with E-state index in [-0.39, 0.29) is 6.04 Å². The van der Waals surface area contributed by atoms with Crippen LogP contribution in [0.4, 0.5) is 0 Å². The number of benzene rings is 2. The van der Waals surface area contributed by atoms with Gasteiger partial charge < -0.3 is 9.84 Å². The lowest BCUT2D eigenvalue weighted by atomic mass is 9.72. The van der Waals surface area contributed by atoms with Crippen molar-refractivity contribution in [3.63, 3.8) is 0 Å². The number of aliphatic carboxylic acids is 1. The molecular formula is C27H37NO3. The van der Waals surface area contributed by atoms with E-state index in [2.05, 4.69) is 62.1 Å². The first-order valence-electron chi connectivity index (χ1n) is 12.0.